The Balaban J connectivity index is 1.36. The molecule has 5 heteroatoms. The number of carbonyl (C=O) groups excluding carboxylic acids is 1. The van der Waals surface area contributed by atoms with Crippen LogP contribution in [0.5, 0.6) is 0 Å². The molecular weight excluding hydrogens is 363 g/mol. The van der Waals surface area contributed by atoms with Crippen LogP contribution in [-0.4, -0.2) is 30.4 Å². The lowest BCUT2D eigenvalue weighted by Gasteiger charge is -2.31. The van der Waals surface area contributed by atoms with Crippen LogP contribution >= 0.6 is 11.6 Å². The number of rotatable bonds is 7. The van der Waals surface area contributed by atoms with Crippen LogP contribution in [0.15, 0.2) is 48.5 Å². The Morgan fingerprint density at radius 3 is 2.44 bits per heavy atom. The zero-order valence-electron chi connectivity index (χ0n) is 15.5. The average molecular weight is 389 g/mol. The van der Waals surface area contributed by atoms with E-state index in [2.05, 4.69) is 10.2 Å². The summed E-state index contributed by atoms with van der Waals surface area (Å²) in [7, 11) is 0. The van der Waals surface area contributed by atoms with Gasteiger partial charge in [0.2, 0.25) is 5.91 Å². The van der Waals surface area contributed by atoms with Gasteiger partial charge in [-0.15, -0.1) is 0 Å². The monoisotopic (exact) mass is 388 g/mol. The summed E-state index contributed by atoms with van der Waals surface area (Å²) in [5.74, 6) is 0.0396. The standard InChI is InChI=1S/C22H26ClFN2O/c23-20-9-3-1-6-17(20)8-5-13-25-22(27)18-11-14-26(15-12-18)16-19-7-2-4-10-21(19)24/h1-4,6-7,9-10,18H,5,8,11-16H2,(H,25,27). The first kappa shape index (κ1) is 19.8. The summed E-state index contributed by atoms with van der Waals surface area (Å²) in [4.78, 5) is 14.6. The van der Waals surface area contributed by atoms with Gasteiger partial charge in [0.25, 0.3) is 0 Å². The fourth-order valence-corrected chi connectivity index (χ4v) is 3.79. The summed E-state index contributed by atoms with van der Waals surface area (Å²) in [5.41, 5.74) is 1.84. The van der Waals surface area contributed by atoms with E-state index >= 15 is 0 Å². The Hall–Kier alpha value is -1.91. The van der Waals surface area contributed by atoms with Gasteiger partial charge in [-0.05, 0) is 56.5 Å². The number of nitrogens with one attached hydrogen (secondary N) is 1. The zero-order chi connectivity index (χ0) is 19.1. The fraction of sp³-hybridized carbons (Fsp3) is 0.409. The highest BCUT2D eigenvalue weighted by molar-refractivity contribution is 6.31. The second-order valence-corrected chi connectivity index (χ2v) is 7.54. The largest absolute Gasteiger partial charge is 0.356 e. The van der Waals surface area contributed by atoms with Gasteiger partial charge >= 0.3 is 0 Å². The molecule has 27 heavy (non-hydrogen) atoms. The SMILES string of the molecule is O=C(NCCCc1ccccc1Cl)C1CCN(Cc2ccccc2F)CC1. The van der Waals surface area contributed by atoms with Gasteiger partial charge in [0.05, 0.1) is 0 Å². The van der Waals surface area contributed by atoms with E-state index in [1.165, 1.54) is 6.07 Å². The molecule has 1 fully saturated rings. The van der Waals surface area contributed by atoms with E-state index in [0.717, 1.165) is 54.9 Å². The highest BCUT2D eigenvalue weighted by Gasteiger charge is 2.25. The Morgan fingerprint density at radius 2 is 1.74 bits per heavy atom. The average Bonchev–Trinajstić information content (AvgIpc) is 2.69. The third-order valence-electron chi connectivity index (χ3n) is 5.19. The van der Waals surface area contributed by atoms with Crippen LogP contribution < -0.4 is 5.32 Å². The fourth-order valence-electron chi connectivity index (χ4n) is 3.56. The maximum Gasteiger partial charge on any atom is 0.223 e. The molecule has 2 aromatic carbocycles. The minimum atomic E-state index is -0.157. The number of benzene rings is 2. The van der Waals surface area contributed by atoms with Gasteiger partial charge in [-0.25, -0.2) is 4.39 Å². The number of aryl methyl sites for hydroxylation is 1. The number of hydrogen-bond acceptors (Lipinski definition) is 2. The number of amides is 1. The predicted molar refractivity (Wildman–Crippen MR) is 107 cm³/mol. The molecule has 1 aliphatic rings. The van der Waals surface area contributed by atoms with Gasteiger partial charge in [0, 0.05) is 29.6 Å². The molecular formula is C22H26ClFN2O. The van der Waals surface area contributed by atoms with Crippen molar-refractivity contribution in [2.75, 3.05) is 19.6 Å². The first-order valence-electron chi connectivity index (χ1n) is 9.60. The third-order valence-corrected chi connectivity index (χ3v) is 5.56. The van der Waals surface area contributed by atoms with Crippen LogP contribution in [0.25, 0.3) is 0 Å². The molecule has 0 bridgehead atoms. The van der Waals surface area contributed by atoms with Crippen molar-refractivity contribution in [2.45, 2.75) is 32.2 Å². The molecule has 3 rings (SSSR count). The van der Waals surface area contributed by atoms with E-state index in [1.807, 2.05) is 36.4 Å². The molecule has 0 aromatic heterocycles. The van der Waals surface area contributed by atoms with Crippen molar-refractivity contribution in [2.24, 2.45) is 5.92 Å². The third kappa shape index (κ3) is 5.78. The van der Waals surface area contributed by atoms with Gasteiger partial charge in [-0.2, -0.15) is 0 Å². The Bertz CT molecular complexity index is 759. The second-order valence-electron chi connectivity index (χ2n) is 7.13. The minimum Gasteiger partial charge on any atom is -0.356 e. The van der Waals surface area contributed by atoms with Gasteiger partial charge in [-0.3, -0.25) is 9.69 Å². The number of nitrogens with zero attached hydrogens (tertiary/aromatic N) is 1. The molecule has 1 amide bonds. The lowest BCUT2D eigenvalue weighted by atomic mass is 9.95. The highest BCUT2D eigenvalue weighted by atomic mass is 35.5. The Kier molecular flexibility index (Phi) is 7.25. The molecule has 3 nitrogen and oxygen atoms in total. The number of carbonyl (C=O) groups is 1. The van der Waals surface area contributed by atoms with E-state index in [9.17, 15) is 9.18 Å². The smallest absolute Gasteiger partial charge is 0.223 e. The normalized spacial score (nSPS) is 15.6. The van der Waals surface area contributed by atoms with E-state index in [1.54, 1.807) is 6.07 Å². The number of halogens is 2. The molecule has 2 aromatic rings. The summed E-state index contributed by atoms with van der Waals surface area (Å²) < 4.78 is 13.8. The first-order valence-corrected chi connectivity index (χ1v) is 9.98. The number of piperidine rings is 1. The summed E-state index contributed by atoms with van der Waals surface area (Å²) in [6.07, 6.45) is 3.39. The van der Waals surface area contributed by atoms with Gasteiger partial charge in [-0.1, -0.05) is 48.0 Å². The van der Waals surface area contributed by atoms with Crippen molar-refractivity contribution in [3.8, 4) is 0 Å². The van der Waals surface area contributed by atoms with Gasteiger partial charge in [0.1, 0.15) is 5.82 Å². The number of hydrogen-bond donors (Lipinski definition) is 1. The molecule has 0 unspecified atom stereocenters. The maximum atomic E-state index is 13.8. The summed E-state index contributed by atoms with van der Waals surface area (Å²) in [6.45, 7) is 2.93. The van der Waals surface area contributed by atoms with E-state index in [-0.39, 0.29) is 17.6 Å². The van der Waals surface area contributed by atoms with Crippen LogP contribution in [0.4, 0.5) is 4.39 Å². The van der Waals surface area contributed by atoms with Crippen LogP contribution in [0.3, 0.4) is 0 Å². The van der Waals surface area contributed by atoms with Crippen molar-refractivity contribution in [3.63, 3.8) is 0 Å². The van der Waals surface area contributed by atoms with E-state index in [4.69, 9.17) is 11.6 Å². The molecule has 1 N–H and O–H groups in total. The van der Waals surface area contributed by atoms with Crippen LogP contribution in [0, 0.1) is 11.7 Å². The first-order chi connectivity index (χ1) is 13.1. The zero-order valence-corrected chi connectivity index (χ0v) is 16.2. The minimum absolute atomic E-state index is 0.0576. The van der Waals surface area contributed by atoms with Crippen molar-refractivity contribution >= 4 is 17.5 Å². The maximum absolute atomic E-state index is 13.8. The summed E-state index contributed by atoms with van der Waals surface area (Å²) in [5, 5.41) is 3.84. The lowest BCUT2D eigenvalue weighted by Crippen LogP contribution is -2.40. The second kappa shape index (κ2) is 9.86. The highest BCUT2D eigenvalue weighted by Crippen LogP contribution is 2.20. The van der Waals surface area contributed by atoms with Crippen molar-refractivity contribution in [3.05, 3.63) is 70.5 Å². The van der Waals surface area contributed by atoms with Crippen LogP contribution in [-0.2, 0) is 17.8 Å². The molecule has 0 atom stereocenters. The van der Waals surface area contributed by atoms with Crippen LogP contribution in [0.1, 0.15) is 30.4 Å². The summed E-state index contributed by atoms with van der Waals surface area (Å²) in [6, 6.07) is 14.7. The van der Waals surface area contributed by atoms with Gasteiger partial charge < -0.3 is 5.32 Å². The Labute approximate surface area is 165 Å². The molecule has 1 heterocycles. The Morgan fingerprint density at radius 1 is 1.07 bits per heavy atom. The van der Waals surface area contributed by atoms with Crippen LogP contribution in [0.2, 0.25) is 5.02 Å². The molecule has 1 saturated heterocycles. The molecule has 0 saturated carbocycles. The molecule has 144 valence electrons. The topological polar surface area (TPSA) is 32.3 Å². The molecule has 0 aliphatic carbocycles. The molecule has 0 spiro atoms. The quantitative estimate of drug-likeness (QED) is 0.711. The molecule has 0 radical (unpaired) electrons. The van der Waals surface area contributed by atoms with Crippen molar-refractivity contribution in [1.29, 1.82) is 0 Å². The van der Waals surface area contributed by atoms with Gasteiger partial charge in [0.15, 0.2) is 0 Å². The molecule has 1 aliphatic heterocycles. The lowest BCUT2D eigenvalue weighted by molar-refractivity contribution is -0.126. The summed E-state index contributed by atoms with van der Waals surface area (Å²) >= 11 is 6.15. The van der Waals surface area contributed by atoms with Crippen molar-refractivity contribution < 1.29 is 9.18 Å². The van der Waals surface area contributed by atoms with E-state index in [0.29, 0.717) is 13.1 Å². The van der Waals surface area contributed by atoms with Crippen molar-refractivity contribution in [1.82, 2.24) is 10.2 Å². The number of likely N-dealkylation sites (tertiary alicyclic amines) is 1. The van der Waals surface area contributed by atoms with E-state index < -0.39 is 0 Å². The predicted octanol–water partition coefficient (Wildman–Crippen LogP) is 4.44.